The fraction of sp³-hybridized carbons (Fsp3) is 0.222. The summed E-state index contributed by atoms with van der Waals surface area (Å²) >= 11 is 1.60. The molecule has 22 heavy (non-hydrogen) atoms. The maximum atomic E-state index is 12.4. The third kappa shape index (κ3) is 2.66. The van der Waals surface area contributed by atoms with E-state index in [2.05, 4.69) is 0 Å². The van der Waals surface area contributed by atoms with Gasteiger partial charge in [0.05, 0.1) is 13.0 Å². The van der Waals surface area contributed by atoms with Crippen molar-refractivity contribution in [2.24, 2.45) is 0 Å². The Bertz CT molecular complexity index is 752. The van der Waals surface area contributed by atoms with Crippen LogP contribution in [0.25, 0.3) is 0 Å². The van der Waals surface area contributed by atoms with Gasteiger partial charge in [0.15, 0.2) is 5.78 Å². The first-order chi connectivity index (χ1) is 10.6. The van der Waals surface area contributed by atoms with Crippen LogP contribution in [-0.4, -0.2) is 18.9 Å². The molecule has 2 aromatic carbocycles. The number of carbonyl (C=O) groups is 2. The van der Waals surface area contributed by atoms with Gasteiger partial charge < -0.3 is 4.74 Å². The van der Waals surface area contributed by atoms with E-state index in [1.54, 1.807) is 11.8 Å². The lowest BCUT2D eigenvalue weighted by Gasteiger charge is -2.12. The number of ether oxygens (including phenoxy) is 1. The second-order valence-electron chi connectivity index (χ2n) is 5.31. The van der Waals surface area contributed by atoms with Crippen LogP contribution in [0.4, 0.5) is 0 Å². The molecule has 0 radical (unpaired) electrons. The number of rotatable bonds is 2. The molecule has 1 aliphatic rings. The van der Waals surface area contributed by atoms with Gasteiger partial charge in [-0.3, -0.25) is 9.59 Å². The Balaban J connectivity index is 2.00. The molecule has 0 saturated heterocycles. The third-order valence-electron chi connectivity index (χ3n) is 3.90. The quantitative estimate of drug-likeness (QED) is 0.790. The molecule has 0 aromatic heterocycles. The molecular formula is C18H16O3S. The topological polar surface area (TPSA) is 43.4 Å². The Morgan fingerprint density at radius 2 is 1.95 bits per heavy atom. The summed E-state index contributed by atoms with van der Waals surface area (Å²) in [6, 6.07) is 13.5. The summed E-state index contributed by atoms with van der Waals surface area (Å²) in [5.41, 5.74) is 2.62. The van der Waals surface area contributed by atoms with Crippen LogP contribution in [0.2, 0.25) is 0 Å². The highest BCUT2D eigenvalue weighted by Crippen LogP contribution is 2.38. The second kappa shape index (κ2) is 5.97. The van der Waals surface area contributed by atoms with Gasteiger partial charge in [-0.05, 0) is 30.2 Å². The molecule has 3 nitrogen and oxygen atoms in total. The maximum absolute atomic E-state index is 12.4. The summed E-state index contributed by atoms with van der Waals surface area (Å²) in [5.74, 6) is -0.485. The summed E-state index contributed by atoms with van der Waals surface area (Å²) in [4.78, 5) is 26.2. The molecular weight excluding hydrogens is 296 g/mol. The minimum Gasteiger partial charge on any atom is -0.469 e. The molecule has 0 amide bonds. The molecule has 1 atom stereocenters. The number of hydrogen-bond acceptors (Lipinski definition) is 4. The lowest BCUT2D eigenvalue weighted by molar-refractivity contribution is -0.141. The first-order valence-corrected chi connectivity index (χ1v) is 7.92. The molecule has 0 fully saturated rings. The van der Waals surface area contributed by atoms with Gasteiger partial charge in [-0.2, -0.15) is 0 Å². The Labute approximate surface area is 133 Å². The van der Waals surface area contributed by atoms with Gasteiger partial charge in [0.2, 0.25) is 0 Å². The fourth-order valence-corrected chi connectivity index (χ4v) is 3.67. The minimum absolute atomic E-state index is 0.115. The summed E-state index contributed by atoms with van der Waals surface area (Å²) in [5, 5.41) is 0. The zero-order valence-electron chi connectivity index (χ0n) is 12.5. The molecule has 0 saturated carbocycles. The third-order valence-corrected chi connectivity index (χ3v) is 5.09. The van der Waals surface area contributed by atoms with Crippen molar-refractivity contribution in [3.8, 4) is 0 Å². The normalized spacial score (nSPS) is 14.5. The average molecular weight is 312 g/mol. The van der Waals surface area contributed by atoms with Crippen molar-refractivity contribution in [3.05, 3.63) is 59.2 Å². The van der Waals surface area contributed by atoms with Gasteiger partial charge in [0, 0.05) is 21.8 Å². The highest BCUT2D eigenvalue weighted by atomic mass is 32.2. The van der Waals surface area contributed by atoms with Crippen molar-refractivity contribution in [1.29, 1.82) is 0 Å². The Hall–Kier alpha value is -2.07. The van der Waals surface area contributed by atoms with Crippen molar-refractivity contribution in [1.82, 2.24) is 0 Å². The van der Waals surface area contributed by atoms with Crippen LogP contribution in [0.1, 0.15) is 34.3 Å². The number of methoxy groups -OCH3 is 1. The highest BCUT2D eigenvalue weighted by Gasteiger charge is 2.22. The van der Waals surface area contributed by atoms with Crippen LogP contribution in [-0.2, 0) is 16.0 Å². The summed E-state index contributed by atoms with van der Waals surface area (Å²) in [6.07, 6.45) is 0.362. The second-order valence-corrected chi connectivity index (χ2v) is 6.39. The number of fused-ring (bicyclic) bond motifs is 2. The predicted molar refractivity (Wildman–Crippen MR) is 85.5 cm³/mol. The zero-order chi connectivity index (χ0) is 15.7. The predicted octanol–water partition coefficient (Wildman–Crippen LogP) is 3.85. The molecule has 0 N–H and O–H groups in total. The molecule has 0 spiro atoms. The van der Waals surface area contributed by atoms with E-state index in [0.29, 0.717) is 6.42 Å². The zero-order valence-corrected chi connectivity index (χ0v) is 13.3. The number of ketones is 1. The maximum Gasteiger partial charge on any atom is 0.312 e. The molecule has 3 rings (SSSR count). The van der Waals surface area contributed by atoms with Gasteiger partial charge in [-0.15, -0.1) is 0 Å². The lowest BCUT2D eigenvalue weighted by atomic mass is 9.96. The van der Waals surface area contributed by atoms with Gasteiger partial charge in [-0.25, -0.2) is 0 Å². The van der Waals surface area contributed by atoms with Crippen molar-refractivity contribution < 1.29 is 14.3 Å². The van der Waals surface area contributed by atoms with Crippen molar-refractivity contribution in [2.45, 2.75) is 29.1 Å². The number of Topliss-reactive ketones (excluding diaryl/α,β-unsaturated/α-hetero) is 1. The largest absolute Gasteiger partial charge is 0.469 e. The number of carbonyl (C=O) groups excluding carboxylic acids is 2. The van der Waals surface area contributed by atoms with Crippen LogP contribution in [0, 0.1) is 0 Å². The van der Waals surface area contributed by atoms with Gasteiger partial charge in [0.25, 0.3) is 0 Å². The Morgan fingerprint density at radius 3 is 2.73 bits per heavy atom. The molecule has 1 aliphatic heterocycles. The van der Waals surface area contributed by atoms with E-state index in [9.17, 15) is 9.59 Å². The molecule has 1 unspecified atom stereocenters. The SMILES string of the molecule is COC(=O)C(C)c1ccc2c(c1)CC(=O)c1ccccc1S2. The fourth-order valence-electron chi connectivity index (χ4n) is 2.59. The lowest BCUT2D eigenvalue weighted by Crippen LogP contribution is -2.11. The van der Waals surface area contributed by atoms with Gasteiger partial charge >= 0.3 is 5.97 Å². The number of hydrogen-bond donors (Lipinski definition) is 0. The number of esters is 1. The monoisotopic (exact) mass is 312 g/mol. The van der Waals surface area contributed by atoms with E-state index in [-0.39, 0.29) is 17.7 Å². The molecule has 0 aliphatic carbocycles. The Morgan fingerprint density at radius 1 is 1.18 bits per heavy atom. The van der Waals surface area contributed by atoms with Crippen molar-refractivity contribution >= 4 is 23.5 Å². The Kier molecular flexibility index (Phi) is 4.03. The van der Waals surface area contributed by atoms with Crippen molar-refractivity contribution in [2.75, 3.05) is 7.11 Å². The van der Waals surface area contributed by atoms with Gasteiger partial charge in [-0.1, -0.05) is 42.1 Å². The van der Waals surface area contributed by atoms with Crippen LogP contribution in [0.15, 0.2) is 52.3 Å². The first kappa shape index (κ1) is 14.9. The summed E-state index contributed by atoms with van der Waals surface area (Å²) in [6.45, 7) is 1.81. The smallest absolute Gasteiger partial charge is 0.312 e. The highest BCUT2D eigenvalue weighted by molar-refractivity contribution is 7.99. The van der Waals surface area contributed by atoms with E-state index >= 15 is 0 Å². The molecule has 2 aromatic rings. The van der Waals surface area contributed by atoms with Crippen LogP contribution in [0.5, 0.6) is 0 Å². The average Bonchev–Trinajstić information content (AvgIpc) is 2.68. The summed E-state index contributed by atoms with van der Waals surface area (Å²) < 4.78 is 4.80. The summed E-state index contributed by atoms with van der Waals surface area (Å²) in [7, 11) is 1.39. The molecule has 4 heteroatoms. The van der Waals surface area contributed by atoms with Crippen LogP contribution < -0.4 is 0 Å². The van der Waals surface area contributed by atoms with E-state index < -0.39 is 0 Å². The van der Waals surface area contributed by atoms with E-state index in [1.807, 2.05) is 49.4 Å². The van der Waals surface area contributed by atoms with E-state index in [0.717, 1.165) is 26.5 Å². The standard InChI is InChI=1S/C18H16O3S/c1-11(18(20)21-2)12-7-8-16-13(9-12)10-15(19)14-5-3-4-6-17(14)22-16/h3-9,11H,10H2,1-2H3. The first-order valence-electron chi connectivity index (χ1n) is 7.11. The molecule has 1 heterocycles. The van der Waals surface area contributed by atoms with Crippen molar-refractivity contribution in [3.63, 3.8) is 0 Å². The molecule has 112 valence electrons. The number of benzene rings is 2. The van der Waals surface area contributed by atoms with Crippen LogP contribution in [0.3, 0.4) is 0 Å². The van der Waals surface area contributed by atoms with E-state index in [1.165, 1.54) is 7.11 Å². The van der Waals surface area contributed by atoms with Gasteiger partial charge in [0.1, 0.15) is 0 Å². The minimum atomic E-state index is -0.332. The van der Waals surface area contributed by atoms with E-state index in [4.69, 9.17) is 4.74 Å². The molecule has 0 bridgehead atoms. The van der Waals surface area contributed by atoms with Crippen LogP contribution >= 0.6 is 11.8 Å².